The average Bonchev–Trinajstić information content (AvgIpc) is 2.87. The summed E-state index contributed by atoms with van der Waals surface area (Å²) in [5.74, 6) is -1.09. The van der Waals surface area contributed by atoms with Crippen LogP contribution in [0, 0.1) is 11.6 Å². The molecule has 3 rings (SSSR count). The molecule has 3 aromatic rings. The topological polar surface area (TPSA) is 38.9 Å². The molecule has 100 valence electrons. The fourth-order valence-corrected chi connectivity index (χ4v) is 1.97. The Morgan fingerprint density at radius 2 is 1.65 bits per heavy atom. The smallest absolute Gasteiger partial charge is 0.167 e. The maximum Gasteiger partial charge on any atom is 0.167 e. The number of aromatic nitrogens is 2. The van der Waals surface area contributed by atoms with Crippen LogP contribution in [0.4, 0.5) is 8.78 Å². The molecule has 0 aliphatic rings. The van der Waals surface area contributed by atoms with Crippen molar-refractivity contribution in [1.82, 2.24) is 10.1 Å². The van der Waals surface area contributed by atoms with E-state index in [1.807, 2.05) is 0 Å². The Labute approximate surface area is 117 Å². The van der Waals surface area contributed by atoms with Crippen LogP contribution in [0.2, 0.25) is 5.02 Å². The lowest BCUT2D eigenvalue weighted by atomic mass is 10.1. The van der Waals surface area contributed by atoms with Crippen LogP contribution in [0.1, 0.15) is 0 Å². The molecule has 2 aromatic heterocycles. The molecule has 0 saturated carbocycles. The Kier molecular flexibility index (Phi) is 3.20. The first-order chi connectivity index (χ1) is 9.61. The minimum Gasteiger partial charge on any atom is -0.356 e. The zero-order valence-electron chi connectivity index (χ0n) is 9.98. The van der Waals surface area contributed by atoms with Crippen molar-refractivity contribution in [2.45, 2.75) is 0 Å². The van der Waals surface area contributed by atoms with Crippen LogP contribution in [0.3, 0.4) is 0 Å². The molecule has 2 heterocycles. The first-order valence-corrected chi connectivity index (χ1v) is 6.04. The van der Waals surface area contributed by atoms with E-state index in [1.54, 1.807) is 18.3 Å². The molecule has 20 heavy (non-hydrogen) atoms. The summed E-state index contributed by atoms with van der Waals surface area (Å²) in [5.41, 5.74) is 1.42. The molecular weight excluding hydrogens is 286 g/mol. The van der Waals surface area contributed by atoms with E-state index in [0.29, 0.717) is 16.3 Å². The molecule has 0 unspecified atom stereocenters. The van der Waals surface area contributed by atoms with Gasteiger partial charge in [-0.15, -0.1) is 0 Å². The van der Waals surface area contributed by atoms with E-state index in [0.717, 1.165) is 6.07 Å². The highest BCUT2D eigenvalue weighted by molar-refractivity contribution is 6.30. The van der Waals surface area contributed by atoms with Crippen molar-refractivity contribution < 1.29 is 13.3 Å². The van der Waals surface area contributed by atoms with Crippen LogP contribution < -0.4 is 0 Å². The molecule has 0 saturated heterocycles. The van der Waals surface area contributed by atoms with Gasteiger partial charge in [0.15, 0.2) is 5.76 Å². The predicted octanol–water partition coefficient (Wildman–Crippen LogP) is 4.34. The van der Waals surface area contributed by atoms with E-state index in [2.05, 4.69) is 10.1 Å². The summed E-state index contributed by atoms with van der Waals surface area (Å²) in [6.07, 6.45) is 3.06. The molecule has 0 aliphatic heterocycles. The predicted molar refractivity (Wildman–Crippen MR) is 70.1 cm³/mol. The molecular formula is C14H7ClF2N2O. The van der Waals surface area contributed by atoms with Crippen LogP contribution >= 0.6 is 11.6 Å². The minimum atomic E-state index is -0.678. The van der Waals surface area contributed by atoms with Gasteiger partial charge in [0.05, 0.1) is 5.02 Å². The number of benzene rings is 1. The van der Waals surface area contributed by atoms with Crippen molar-refractivity contribution in [2.24, 2.45) is 0 Å². The second-order valence-corrected chi connectivity index (χ2v) is 4.56. The molecule has 3 nitrogen and oxygen atoms in total. The SMILES string of the molecule is Fc1cc(F)cc(-c2cc(-c3cncc(Cl)c3)no2)c1. The monoisotopic (exact) mass is 292 g/mol. The van der Waals surface area contributed by atoms with Crippen LogP contribution in [-0.2, 0) is 0 Å². The van der Waals surface area contributed by atoms with Crippen LogP contribution in [0.25, 0.3) is 22.6 Å². The van der Waals surface area contributed by atoms with E-state index < -0.39 is 11.6 Å². The highest BCUT2D eigenvalue weighted by Gasteiger charge is 2.11. The van der Waals surface area contributed by atoms with Gasteiger partial charge in [-0.1, -0.05) is 16.8 Å². The summed E-state index contributed by atoms with van der Waals surface area (Å²) in [5, 5.41) is 4.31. The van der Waals surface area contributed by atoms with Gasteiger partial charge in [0, 0.05) is 35.7 Å². The van der Waals surface area contributed by atoms with Crippen molar-refractivity contribution >= 4 is 11.6 Å². The van der Waals surface area contributed by atoms with Crippen molar-refractivity contribution in [1.29, 1.82) is 0 Å². The molecule has 0 aliphatic carbocycles. The zero-order chi connectivity index (χ0) is 14.1. The average molecular weight is 293 g/mol. The number of pyridine rings is 1. The van der Waals surface area contributed by atoms with Crippen molar-refractivity contribution in [2.75, 3.05) is 0 Å². The van der Waals surface area contributed by atoms with Gasteiger partial charge in [0.25, 0.3) is 0 Å². The molecule has 0 fully saturated rings. The Bertz CT molecular complexity index is 753. The van der Waals surface area contributed by atoms with E-state index in [9.17, 15) is 8.78 Å². The number of nitrogens with zero attached hydrogens (tertiary/aromatic N) is 2. The third kappa shape index (κ3) is 2.53. The number of halogens is 3. The third-order valence-corrected chi connectivity index (χ3v) is 2.86. The number of hydrogen-bond donors (Lipinski definition) is 0. The second kappa shape index (κ2) is 5.02. The maximum absolute atomic E-state index is 13.2. The quantitative estimate of drug-likeness (QED) is 0.705. The first-order valence-electron chi connectivity index (χ1n) is 5.66. The second-order valence-electron chi connectivity index (χ2n) is 4.13. The molecule has 0 amide bonds. The van der Waals surface area contributed by atoms with Crippen LogP contribution in [0.5, 0.6) is 0 Å². The number of hydrogen-bond acceptors (Lipinski definition) is 3. The fourth-order valence-electron chi connectivity index (χ4n) is 1.80. The van der Waals surface area contributed by atoms with Crippen LogP contribution in [0.15, 0.2) is 47.2 Å². The van der Waals surface area contributed by atoms with Gasteiger partial charge in [-0.3, -0.25) is 4.98 Å². The van der Waals surface area contributed by atoms with Gasteiger partial charge in [0.1, 0.15) is 17.3 Å². The molecule has 0 bridgehead atoms. The van der Waals surface area contributed by atoms with Crippen molar-refractivity contribution in [3.8, 4) is 22.6 Å². The highest BCUT2D eigenvalue weighted by atomic mass is 35.5. The Morgan fingerprint density at radius 3 is 2.35 bits per heavy atom. The Balaban J connectivity index is 2.02. The van der Waals surface area contributed by atoms with E-state index >= 15 is 0 Å². The summed E-state index contributed by atoms with van der Waals surface area (Å²) in [7, 11) is 0. The molecule has 0 atom stereocenters. The third-order valence-electron chi connectivity index (χ3n) is 2.66. The summed E-state index contributed by atoms with van der Waals surface area (Å²) in [6, 6.07) is 6.37. The largest absolute Gasteiger partial charge is 0.356 e. The molecule has 6 heteroatoms. The highest BCUT2D eigenvalue weighted by Crippen LogP contribution is 2.27. The number of rotatable bonds is 2. The van der Waals surface area contributed by atoms with Crippen LogP contribution in [-0.4, -0.2) is 10.1 Å². The standard InChI is InChI=1S/C14H7ClF2N2O/c15-10-1-9(6-18-7-10)13-5-14(20-19-13)8-2-11(16)4-12(17)3-8/h1-7H. The normalized spacial score (nSPS) is 10.8. The van der Waals surface area contributed by atoms with Gasteiger partial charge in [-0.25, -0.2) is 8.78 Å². The maximum atomic E-state index is 13.2. The van der Waals surface area contributed by atoms with E-state index in [-0.39, 0.29) is 11.3 Å². The fraction of sp³-hybridized carbons (Fsp3) is 0. The Morgan fingerprint density at radius 1 is 0.900 bits per heavy atom. The molecule has 0 radical (unpaired) electrons. The van der Waals surface area contributed by atoms with Crippen molar-refractivity contribution in [3.05, 3.63) is 59.4 Å². The lowest BCUT2D eigenvalue weighted by Gasteiger charge is -1.96. The lowest BCUT2D eigenvalue weighted by molar-refractivity contribution is 0.434. The van der Waals surface area contributed by atoms with Gasteiger partial charge in [0.2, 0.25) is 0 Å². The van der Waals surface area contributed by atoms with Gasteiger partial charge in [-0.05, 0) is 18.2 Å². The molecule has 1 aromatic carbocycles. The van der Waals surface area contributed by atoms with Crippen molar-refractivity contribution in [3.63, 3.8) is 0 Å². The summed E-state index contributed by atoms with van der Waals surface area (Å²) < 4.78 is 31.4. The molecule has 0 N–H and O–H groups in total. The van der Waals surface area contributed by atoms with Gasteiger partial charge < -0.3 is 4.52 Å². The van der Waals surface area contributed by atoms with E-state index in [1.165, 1.54) is 18.3 Å². The van der Waals surface area contributed by atoms with Gasteiger partial charge >= 0.3 is 0 Å². The summed E-state index contributed by atoms with van der Waals surface area (Å²) in [6.45, 7) is 0. The van der Waals surface area contributed by atoms with E-state index in [4.69, 9.17) is 16.1 Å². The molecule has 0 spiro atoms. The zero-order valence-corrected chi connectivity index (χ0v) is 10.7. The minimum absolute atomic E-state index is 0.262. The summed E-state index contributed by atoms with van der Waals surface area (Å²) >= 11 is 5.84. The first kappa shape index (κ1) is 12.7. The van der Waals surface area contributed by atoms with Gasteiger partial charge in [-0.2, -0.15) is 0 Å². The summed E-state index contributed by atoms with van der Waals surface area (Å²) in [4.78, 5) is 3.94. The Hall–Kier alpha value is -2.27. The lowest BCUT2D eigenvalue weighted by Crippen LogP contribution is -1.82.